The fourth-order valence-corrected chi connectivity index (χ4v) is 2.89. The van der Waals surface area contributed by atoms with Gasteiger partial charge in [0.1, 0.15) is 16.3 Å². The van der Waals surface area contributed by atoms with Crippen LogP contribution in [0.15, 0.2) is 10.6 Å². The van der Waals surface area contributed by atoms with Gasteiger partial charge in [-0.15, -0.1) is 0 Å². The minimum absolute atomic E-state index is 0.0433. The lowest BCUT2D eigenvalue weighted by atomic mass is 10.2. The molecule has 7 nitrogen and oxygen atoms in total. The molecule has 1 amide bonds. The van der Waals surface area contributed by atoms with Crippen LogP contribution in [-0.4, -0.2) is 33.6 Å². The van der Waals surface area contributed by atoms with E-state index in [0.29, 0.717) is 22.4 Å². The van der Waals surface area contributed by atoms with E-state index in [-0.39, 0.29) is 11.3 Å². The normalized spacial score (nSPS) is 14.2. The van der Waals surface area contributed by atoms with E-state index in [2.05, 4.69) is 9.53 Å². The lowest BCUT2D eigenvalue weighted by molar-refractivity contribution is 0.0697. The minimum atomic E-state index is -1.10. The van der Waals surface area contributed by atoms with E-state index in [1.54, 1.807) is 13.0 Å². The molecule has 1 aliphatic carbocycles. The number of carbonyl (C=O) groups excluding carboxylic acids is 1. The first kappa shape index (κ1) is 13.7. The maximum atomic E-state index is 12.4. The van der Waals surface area contributed by atoms with Gasteiger partial charge in [0.25, 0.3) is 5.91 Å². The summed E-state index contributed by atoms with van der Waals surface area (Å²) in [5, 5.41) is 13.3. The van der Waals surface area contributed by atoms with Crippen molar-refractivity contribution in [2.24, 2.45) is 0 Å². The summed E-state index contributed by atoms with van der Waals surface area (Å²) < 4.78 is 9.15. The van der Waals surface area contributed by atoms with Gasteiger partial charge in [-0.3, -0.25) is 9.69 Å². The first-order valence-electron chi connectivity index (χ1n) is 6.43. The number of carbonyl (C=O) groups is 2. The number of rotatable bonds is 4. The average Bonchev–Trinajstić information content (AvgIpc) is 3.04. The van der Waals surface area contributed by atoms with E-state index < -0.39 is 11.9 Å². The van der Waals surface area contributed by atoms with Crippen LogP contribution in [0.3, 0.4) is 0 Å². The number of hydrogen-bond acceptors (Lipinski definition) is 6. The molecule has 1 aliphatic rings. The van der Waals surface area contributed by atoms with Crippen LogP contribution < -0.4 is 4.90 Å². The molecule has 0 aliphatic heterocycles. The molecule has 2 heterocycles. The van der Waals surface area contributed by atoms with Gasteiger partial charge in [-0.05, 0) is 31.3 Å². The van der Waals surface area contributed by atoms with Crippen LogP contribution in [0.2, 0.25) is 0 Å². The van der Waals surface area contributed by atoms with Gasteiger partial charge in [0, 0.05) is 19.0 Å². The Bertz CT molecular complexity index is 717. The van der Waals surface area contributed by atoms with Gasteiger partial charge in [-0.1, -0.05) is 5.16 Å². The van der Waals surface area contributed by atoms with Crippen molar-refractivity contribution < 1.29 is 19.2 Å². The number of amides is 1. The molecule has 0 saturated heterocycles. The summed E-state index contributed by atoms with van der Waals surface area (Å²) >= 11 is 0.977. The van der Waals surface area contributed by atoms with Gasteiger partial charge in [-0.2, -0.15) is 4.37 Å². The van der Waals surface area contributed by atoms with E-state index >= 15 is 0 Å². The molecule has 3 rings (SSSR count). The molecule has 0 spiro atoms. The van der Waals surface area contributed by atoms with E-state index in [1.807, 2.05) is 0 Å². The van der Waals surface area contributed by atoms with Crippen molar-refractivity contribution in [2.45, 2.75) is 25.7 Å². The number of aromatic carboxylic acids is 1. The molecule has 1 N–H and O–H groups in total. The molecule has 1 fully saturated rings. The highest BCUT2D eigenvalue weighted by atomic mass is 32.1. The van der Waals surface area contributed by atoms with E-state index in [4.69, 9.17) is 4.52 Å². The highest BCUT2D eigenvalue weighted by Crippen LogP contribution is 2.40. The molecule has 110 valence electrons. The lowest BCUT2D eigenvalue weighted by Crippen LogP contribution is -2.27. The predicted octanol–water partition coefficient (Wildman–Crippen LogP) is 2.29. The average molecular weight is 307 g/mol. The third-order valence-corrected chi connectivity index (χ3v) is 4.41. The Kier molecular flexibility index (Phi) is 3.25. The Hall–Kier alpha value is -2.22. The zero-order chi connectivity index (χ0) is 15.1. The highest BCUT2D eigenvalue weighted by Gasteiger charge is 2.31. The molecule has 0 aromatic carbocycles. The summed E-state index contributed by atoms with van der Waals surface area (Å²) in [6.45, 7) is 1.60. The topological polar surface area (TPSA) is 96.5 Å². The van der Waals surface area contributed by atoms with Crippen molar-refractivity contribution in [3.63, 3.8) is 0 Å². The van der Waals surface area contributed by atoms with Crippen LogP contribution in [0.5, 0.6) is 0 Å². The van der Waals surface area contributed by atoms with Crippen molar-refractivity contribution >= 4 is 28.4 Å². The van der Waals surface area contributed by atoms with Gasteiger partial charge >= 0.3 is 5.97 Å². The van der Waals surface area contributed by atoms with Gasteiger partial charge in [0.05, 0.1) is 5.69 Å². The Morgan fingerprint density at radius 3 is 2.81 bits per heavy atom. The van der Waals surface area contributed by atoms with Gasteiger partial charge < -0.3 is 9.63 Å². The summed E-state index contributed by atoms with van der Waals surface area (Å²) in [5.41, 5.74) is 0.615. The largest absolute Gasteiger partial charge is 0.478 e. The van der Waals surface area contributed by atoms with Crippen molar-refractivity contribution in [3.05, 3.63) is 28.8 Å². The van der Waals surface area contributed by atoms with Crippen LogP contribution in [0, 0.1) is 6.92 Å². The van der Waals surface area contributed by atoms with Crippen LogP contribution in [0.25, 0.3) is 0 Å². The third-order valence-electron chi connectivity index (χ3n) is 3.40. The second-order valence-electron chi connectivity index (χ2n) is 5.01. The summed E-state index contributed by atoms with van der Waals surface area (Å²) in [5.74, 6) is -0.429. The molecule has 0 unspecified atom stereocenters. The van der Waals surface area contributed by atoms with Gasteiger partial charge in [-0.25, -0.2) is 4.79 Å². The molecule has 0 bridgehead atoms. The predicted molar refractivity (Wildman–Crippen MR) is 75.0 cm³/mol. The van der Waals surface area contributed by atoms with Crippen molar-refractivity contribution in [1.29, 1.82) is 0 Å². The van der Waals surface area contributed by atoms with Crippen LogP contribution in [-0.2, 0) is 0 Å². The quantitative estimate of drug-likeness (QED) is 0.931. The summed E-state index contributed by atoms with van der Waals surface area (Å²) in [6.07, 6.45) is 2.10. The number of hydrogen-bond donors (Lipinski definition) is 1. The molecule has 2 aromatic rings. The van der Waals surface area contributed by atoms with Crippen molar-refractivity contribution in [1.82, 2.24) is 9.53 Å². The number of carboxylic acid groups (broad SMARTS) is 1. The second kappa shape index (κ2) is 4.96. The summed E-state index contributed by atoms with van der Waals surface area (Å²) in [7, 11) is 1.51. The first-order valence-corrected chi connectivity index (χ1v) is 7.20. The zero-order valence-corrected chi connectivity index (χ0v) is 12.3. The smallest absolute Gasteiger partial charge is 0.340 e. The molecule has 2 aromatic heterocycles. The van der Waals surface area contributed by atoms with Crippen LogP contribution in [0.4, 0.5) is 5.00 Å². The monoisotopic (exact) mass is 307 g/mol. The van der Waals surface area contributed by atoms with Crippen LogP contribution >= 0.6 is 11.5 Å². The fraction of sp³-hybridized carbons (Fsp3) is 0.385. The first-order chi connectivity index (χ1) is 9.99. The number of anilines is 1. The SMILES string of the molecule is Cc1nsc(N(C)C(=O)c2cc(C3CC3)on2)c1C(=O)O. The van der Waals surface area contributed by atoms with Crippen LogP contribution in [0.1, 0.15) is 51.1 Å². The fourth-order valence-electron chi connectivity index (χ4n) is 2.05. The standard InChI is InChI=1S/C13H13N3O4S/c1-6-10(13(18)19)12(21-15-6)16(2)11(17)8-5-9(20-14-8)7-3-4-7/h5,7H,3-4H2,1-2H3,(H,18,19). The zero-order valence-electron chi connectivity index (χ0n) is 11.5. The molecule has 0 radical (unpaired) electrons. The molecule has 8 heteroatoms. The summed E-state index contributed by atoms with van der Waals surface area (Å²) in [4.78, 5) is 24.9. The molecular weight excluding hydrogens is 294 g/mol. The maximum Gasteiger partial charge on any atom is 0.340 e. The van der Waals surface area contributed by atoms with E-state index in [9.17, 15) is 14.7 Å². The molecule has 21 heavy (non-hydrogen) atoms. The highest BCUT2D eigenvalue weighted by molar-refractivity contribution is 7.11. The van der Waals surface area contributed by atoms with Crippen molar-refractivity contribution in [3.8, 4) is 0 Å². The minimum Gasteiger partial charge on any atom is -0.478 e. The van der Waals surface area contributed by atoms with E-state index in [1.165, 1.54) is 11.9 Å². The number of nitrogens with zero attached hydrogens (tertiary/aromatic N) is 3. The maximum absolute atomic E-state index is 12.4. The number of aryl methyl sites for hydroxylation is 1. The third kappa shape index (κ3) is 2.42. The molecule has 1 saturated carbocycles. The van der Waals surface area contributed by atoms with E-state index in [0.717, 1.165) is 24.4 Å². The molecule has 0 atom stereocenters. The Morgan fingerprint density at radius 1 is 1.48 bits per heavy atom. The number of aromatic nitrogens is 2. The Balaban J connectivity index is 1.88. The summed E-state index contributed by atoms with van der Waals surface area (Å²) in [6, 6.07) is 1.63. The Labute approximate surface area is 124 Å². The number of carboxylic acids is 1. The second-order valence-corrected chi connectivity index (χ2v) is 5.76. The van der Waals surface area contributed by atoms with Gasteiger partial charge in [0.2, 0.25) is 0 Å². The lowest BCUT2D eigenvalue weighted by Gasteiger charge is -2.13. The molecular formula is C13H13N3O4S. The Morgan fingerprint density at radius 2 is 2.19 bits per heavy atom. The van der Waals surface area contributed by atoms with Crippen molar-refractivity contribution in [2.75, 3.05) is 11.9 Å². The van der Waals surface area contributed by atoms with Gasteiger partial charge in [0.15, 0.2) is 5.69 Å².